The first-order valence-corrected chi connectivity index (χ1v) is 11.4. The Balaban J connectivity index is 1.44. The van der Waals surface area contributed by atoms with Gasteiger partial charge in [0.05, 0.1) is 11.3 Å². The van der Waals surface area contributed by atoms with Crippen molar-refractivity contribution < 1.29 is 4.79 Å². The van der Waals surface area contributed by atoms with E-state index in [9.17, 15) is 4.79 Å². The third kappa shape index (κ3) is 4.53. The van der Waals surface area contributed by atoms with Gasteiger partial charge in [-0.3, -0.25) is 10.1 Å². The van der Waals surface area contributed by atoms with Gasteiger partial charge in [-0.1, -0.05) is 41.9 Å². The standard InChI is InChI=1S/C21H23BrN6OS/c1-21(2,15-3-5-16(22)6-4-15)17-13-30-20(26-17)27-18(29)14-11-24-19(25-12-14)28-9-7-23-8-10-28/h3-6,11-13,23H,7-10H2,1-2H3,(H,26,27,29). The number of anilines is 2. The molecular weight excluding hydrogens is 464 g/mol. The Labute approximate surface area is 188 Å². The van der Waals surface area contributed by atoms with Crippen molar-refractivity contribution in [2.75, 3.05) is 36.4 Å². The molecule has 7 nitrogen and oxygen atoms in total. The molecule has 0 spiro atoms. The molecular formula is C21H23BrN6OS. The molecule has 30 heavy (non-hydrogen) atoms. The van der Waals surface area contributed by atoms with Gasteiger partial charge < -0.3 is 10.2 Å². The van der Waals surface area contributed by atoms with Crippen LogP contribution in [0.4, 0.5) is 11.1 Å². The number of halogens is 1. The fourth-order valence-electron chi connectivity index (χ4n) is 3.27. The van der Waals surface area contributed by atoms with Crippen LogP contribution in [0, 0.1) is 0 Å². The molecule has 0 atom stereocenters. The minimum absolute atomic E-state index is 0.260. The Morgan fingerprint density at radius 3 is 2.50 bits per heavy atom. The fourth-order valence-corrected chi connectivity index (χ4v) is 4.41. The van der Waals surface area contributed by atoms with Crippen molar-refractivity contribution in [2.45, 2.75) is 19.3 Å². The van der Waals surface area contributed by atoms with Crippen LogP contribution in [-0.4, -0.2) is 47.0 Å². The Kier molecular flexibility index (Phi) is 6.12. The minimum Gasteiger partial charge on any atom is -0.338 e. The zero-order chi connectivity index (χ0) is 21.1. The van der Waals surface area contributed by atoms with Gasteiger partial charge in [0.25, 0.3) is 5.91 Å². The number of piperazine rings is 1. The van der Waals surface area contributed by atoms with Crippen molar-refractivity contribution >= 4 is 44.3 Å². The lowest BCUT2D eigenvalue weighted by atomic mass is 9.82. The topological polar surface area (TPSA) is 83.0 Å². The van der Waals surface area contributed by atoms with Crippen LogP contribution in [-0.2, 0) is 5.41 Å². The molecule has 0 bridgehead atoms. The maximum Gasteiger partial charge on any atom is 0.260 e. The van der Waals surface area contributed by atoms with Gasteiger partial charge in [0.2, 0.25) is 5.95 Å². The number of nitrogens with one attached hydrogen (secondary N) is 2. The number of amides is 1. The maximum absolute atomic E-state index is 12.6. The average molecular weight is 487 g/mol. The van der Waals surface area contributed by atoms with Crippen LogP contribution in [0.3, 0.4) is 0 Å². The van der Waals surface area contributed by atoms with Crippen molar-refractivity contribution in [3.8, 4) is 0 Å². The molecule has 1 aliphatic heterocycles. The van der Waals surface area contributed by atoms with Crippen molar-refractivity contribution in [1.82, 2.24) is 20.3 Å². The molecule has 3 aromatic rings. The summed E-state index contributed by atoms with van der Waals surface area (Å²) in [5.74, 6) is 0.394. The molecule has 2 N–H and O–H groups in total. The SMILES string of the molecule is CC(C)(c1ccc(Br)cc1)c1csc(NC(=O)c2cnc(N3CCNCC3)nc2)n1. The summed E-state index contributed by atoms with van der Waals surface area (Å²) in [6.45, 7) is 7.80. The minimum atomic E-state index is -0.270. The van der Waals surface area contributed by atoms with E-state index in [1.54, 1.807) is 12.4 Å². The second kappa shape index (κ2) is 8.79. The van der Waals surface area contributed by atoms with Crippen LogP contribution in [0.2, 0.25) is 0 Å². The predicted octanol–water partition coefficient (Wildman–Crippen LogP) is 3.68. The van der Waals surface area contributed by atoms with E-state index in [-0.39, 0.29) is 11.3 Å². The maximum atomic E-state index is 12.6. The highest BCUT2D eigenvalue weighted by Crippen LogP contribution is 2.34. The third-order valence-corrected chi connectivity index (χ3v) is 6.52. The van der Waals surface area contributed by atoms with Crippen LogP contribution in [0.25, 0.3) is 0 Å². The summed E-state index contributed by atoms with van der Waals surface area (Å²) in [6.07, 6.45) is 3.14. The largest absolute Gasteiger partial charge is 0.338 e. The fraction of sp³-hybridized carbons (Fsp3) is 0.333. The number of benzene rings is 1. The van der Waals surface area contributed by atoms with E-state index in [0.717, 1.165) is 41.9 Å². The molecule has 1 fully saturated rings. The summed E-state index contributed by atoms with van der Waals surface area (Å²) in [6, 6.07) is 8.21. The van der Waals surface area contributed by atoms with Gasteiger partial charge in [0.1, 0.15) is 0 Å². The monoisotopic (exact) mass is 486 g/mol. The molecule has 0 aliphatic carbocycles. The molecule has 156 valence electrons. The first kappa shape index (κ1) is 20.9. The van der Waals surface area contributed by atoms with Crippen LogP contribution >= 0.6 is 27.3 Å². The highest BCUT2D eigenvalue weighted by atomic mass is 79.9. The van der Waals surface area contributed by atoms with Gasteiger partial charge in [0, 0.05) is 53.8 Å². The van der Waals surface area contributed by atoms with Crippen LogP contribution < -0.4 is 15.5 Å². The number of hydrogen-bond donors (Lipinski definition) is 2. The highest BCUT2D eigenvalue weighted by Gasteiger charge is 2.26. The number of carbonyl (C=O) groups is 1. The van der Waals surface area contributed by atoms with Gasteiger partial charge in [-0.15, -0.1) is 11.3 Å². The number of hydrogen-bond acceptors (Lipinski definition) is 7. The molecule has 0 unspecified atom stereocenters. The average Bonchev–Trinajstić information content (AvgIpc) is 3.24. The number of carbonyl (C=O) groups excluding carboxylic acids is 1. The van der Waals surface area contributed by atoms with E-state index >= 15 is 0 Å². The summed E-state index contributed by atoms with van der Waals surface area (Å²) in [4.78, 5) is 28.1. The zero-order valence-corrected chi connectivity index (χ0v) is 19.3. The Bertz CT molecular complexity index is 1010. The van der Waals surface area contributed by atoms with Gasteiger partial charge in [-0.2, -0.15) is 0 Å². The van der Waals surface area contributed by atoms with Crippen molar-refractivity contribution in [3.05, 3.63) is 63.3 Å². The first-order chi connectivity index (χ1) is 14.4. The lowest BCUT2D eigenvalue weighted by Gasteiger charge is -2.27. The van der Waals surface area contributed by atoms with E-state index in [1.165, 1.54) is 11.3 Å². The normalized spacial score (nSPS) is 14.6. The van der Waals surface area contributed by atoms with E-state index in [1.807, 2.05) is 17.5 Å². The van der Waals surface area contributed by atoms with E-state index < -0.39 is 0 Å². The number of aromatic nitrogens is 3. The zero-order valence-electron chi connectivity index (χ0n) is 16.9. The smallest absolute Gasteiger partial charge is 0.260 e. The molecule has 0 radical (unpaired) electrons. The first-order valence-electron chi connectivity index (χ1n) is 9.74. The second-order valence-corrected chi connectivity index (χ2v) is 9.41. The molecule has 2 aromatic heterocycles. The third-order valence-electron chi connectivity index (χ3n) is 5.23. The van der Waals surface area contributed by atoms with Crippen molar-refractivity contribution in [3.63, 3.8) is 0 Å². The number of nitrogens with zero attached hydrogens (tertiary/aromatic N) is 4. The molecule has 4 rings (SSSR count). The summed E-state index contributed by atoms with van der Waals surface area (Å²) in [7, 11) is 0. The van der Waals surface area contributed by atoms with Gasteiger partial charge >= 0.3 is 0 Å². The Morgan fingerprint density at radius 2 is 1.83 bits per heavy atom. The number of rotatable bonds is 5. The van der Waals surface area contributed by atoms with E-state index in [0.29, 0.717) is 16.6 Å². The summed E-state index contributed by atoms with van der Waals surface area (Å²) in [5.41, 5.74) is 2.22. The van der Waals surface area contributed by atoms with Gasteiger partial charge in [-0.05, 0) is 17.7 Å². The predicted molar refractivity (Wildman–Crippen MR) is 123 cm³/mol. The van der Waals surface area contributed by atoms with Crippen LogP contribution in [0.1, 0.15) is 35.5 Å². The lowest BCUT2D eigenvalue weighted by molar-refractivity contribution is 0.102. The molecule has 9 heteroatoms. The van der Waals surface area contributed by atoms with Crippen LogP contribution in [0.15, 0.2) is 46.5 Å². The molecule has 1 amide bonds. The molecule has 1 aliphatic rings. The summed E-state index contributed by atoms with van der Waals surface area (Å²) >= 11 is 4.89. The summed E-state index contributed by atoms with van der Waals surface area (Å²) in [5, 5.41) is 8.71. The number of thiazole rings is 1. The Morgan fingerprint density at radius 1 is 1.17 bits per heavy atom. The van der Waals surface area contributed by atoms with Gasteiger partial charge in [0.15, 0.2) is 5.13 Å². The van der Waals surface area contributed by atoms with Crippen molar-refractivity contribution in [2.24, 2.45) is 0 Å². The molecule has 3 heterocycles. The second-order valence-electron chi connectivity index (χ2n) is 7.63. The molecule has 1 aromatic carbocycles. The van der Waals surface area contributed by atoms with Crippen LogP contribution in [0.5, 0.6) is 0 Å². The molecule has 1 saturated heterocycles. The van der Waals surface area contributed by atoms with Crippen molar-refractivity contribution in [1.29, 1.82) is 0 Å². The lowest BCUT2D eigenvalue weighted by Crippen LogP contribution is -2.44. The highest BCUT2D eigenvalue weighted by molar-refractivity contribution is 9.10. The molecule has 0 saturated carbocycles. The van der Waals surface area contributed by atoms with E-state index in [2.05, 4.69) is 72.4 Å². The summed E-state index contributed by atoms with van der Waals surface area (Å²) < 4.78 is 1.04. The quantitative estimate of drug-likeness (QED) is 0.572. The van der Waals surface area contributed by atoms with Gasteiger partial charge in [-0.25, -0.2) is 15.0 Å². The van der Waals surface area contributed by atoms with E-state index in [4.69, 9.17) is 0 Å². The Hall–Kier alpha value is -2.36.